The first-order chi connectivity index (χ1) is 13.0. The number of hydrogen-bond acceptors (Lipinski definition) is 5. The minimum atomic E-state index is 0.0265. The number of amides is 2. The molecule has 1 aliphatic heterocycles. The van der Waals surface area contributed by atoms with E-state index in [1.807, 2.05) is 17.9 Å². The van der Waals surface area contributed by atoms with E-state index in [2.05, 4.69) is 29.0 Å². The minimum Gasteiger partial charge on any atom is -0.381 e. The van der Waals surface area contributed by atoms with Gasteiger partial charge in [0.1, 0.15) is 11.6 Å². The van der Waals surface area contributed by atoms with E-state index in [0.717, 1.165) is 56.0 Å². The minimum absolute atomic E-state index is 0.0265. The van der Waals surface area contributed by atoms with E-state index in [0.29, 0.717) is 25.6 Å². The van der Waals surface area contributed by atoms with Crippen LogP contribution >= 0.6 is 0 Å². The Balaban J connectivity index is 1.38. The van der Waals surface area contributed by atoms with Crippen LogP contribution in [0.15, 0.2) is 6.07 Å². The molecule has 1 aromatic rings. The number of nitrogens with one attached hydrogen (secondary N) is 1. The lowest BCUT2D eigenvalue weighted by molar-refractivity contribution is 0.121. The molecule has 2 amide bonds. The number of carbonyl (C=O) groups is 1. The topological polar surface area (TPSA) is 70.6 Å². The van der Waals surface area contributed by atoms with Gasteiger partial charge in [-0.15, -0.1) is 0 Å². The molecule has 7 heteroatoms. The Hall–Kier alpha value is -1.89. The zero-order chi connectivity index (χ0) is 19.2. The van der Waals surface area contributed by atoms with Crippen molar-refractivity contribution in [2.24, 2.45) is 5.92 Å². The van der Waals surface area contributed by atoms with Gasteiger partial charge in [0.25, 0.3) is 0 Å². The van der Waals surface area contributed by atoms with Crippen LogP contribution in [-0.2, 0) is 4.74 Å². The zero-order valence-corrected chi connectivity index (χ0v) is 16.9. The van der Waals surface area contributed by atoms with Gasteiger partial charge in [-0.2, -0.15) is 0 Å². The molecule has 2 fully saturated rings. The Bertz CT molecular complexity index is 625. The van der Waals surface area contributed by atoms with Gasteiger partial charge < -0.3 is 19.9 Å². The molecule has 0 unspecified atom stereocenters. The molecule has 1 saturated heterocycles. The van der Waals surface area contributed by atoms with Crippen molar-refractivity contribution in [3.63, 3.8) is 0 Å². The standard InChI is InChI=1S/C20H33N5O2/c1-15(2)19-22-16(3)13-18(23-19)24-8-10-25(11-9-24)20(26)21-7-4-12-27-14-17-5-6-17/h13,15,17H,4-12,14H2,1-3H3,(H,21,26). The van der Waals surface area contributed by atoms with Gasteiger partial charge in [0.05, 0.1) is 0 Å². The molecule has 27 heavy (non-hydrogen) atoms. The van der Waals surface area contributed by atoms with E-state index >= 15 is 0 Å². The fourth-order valence-electron chi connectivity index (χ4n) is 3.15. The van der Waals surface area contributed by atoms with E-state index in [1.54, 1.807) is 0 Å². The number of nitrogens with zero attached hydrogens (tertiary/aromatic N) is 4. The Morgan fingerprint density at radius 2 is 2.00 bits per heavy atom. The average molecular weight is 376 g/mol. The molecular formula is C20H33N5O2. The lowest BCUT2D eigenvalue weighted by atomic mass is 10.2. The van der Waals surface area contributed by atoms with Crippen LogP contribution in [0.5, 0.6) is 0 Å². The molecule has 1 aliphatic carbocycles. The highest BCUT2D eigenvalue weighted by Crippen LogP contribution is 2.28. The lowest BCUT2D eigenvalue weighted by Gasteiger charge is -2.35. The summed E-state index contributed by atoms with van der Waals surface area (Å²) in [6.45, 7) is 11.5. The summed E-state index contributed by atoms with van der Waals surface area (Å²) in [4.78, 5) is 25.7. The number of rotatable bonds is 8. The highest BCUT2D eigenvalue weighted by atomic mass is 16.5. The number of urea groups is 1. The Labute approximate surface area is 162 Å². The third-order valence-electron chi connectivity index (χ3n) is 5.06. The molecule has 7 nitrogen and oxygen atoms in total. The van der Waals surface area contributed by atoms with E-state index in [4.69, 9.17) is 9.72 Å². The molecular weight excluding hydrogens is 342 g/mol. The number of aromatic nitrogens is 2. The van der Waals surface area contributed by atoms with Gasteiger partial charge >= 0.3 is 6.03 Å². The van der Waals surface area contributed by atoms with Crippen molar-refractivity contribution >= 4 is 11.8 Å². The largest absolute Gasteiger partial charge is 0.381 e. The molecule has 0 radical (unpaired) electrons. The number of piperazine rings is 1. The molecule has 0 spiro atoms. The fourth-order valence-corrected chi connectivity index (χ4v) is 3.15. The van der Waals surface area contributed by atoms with E-state index in [1.165, 1.54) is 12.8 Å². The molecule has 1 saturated carbocycles. The Morgan fingerprint density at radius 3 is 2.67 bits per heavy atom. The van der Waals surface area contributed by atoms with Crippen LogP contribution in [0.25, 0.3) is 0 Å². The van der Waals surface area contributed by atoms with Gasteiger partial charge in [0.15, 0.2) is 0 Å². The van der Waals surface area contributed by atoms with Crippen LogP contribution in [0.2, 0.25) is 0 Å². The number of aryl methyl sites for hydroxylation is 1. The van der Waals surface area contributed by atoms with Crippen molar-refractivity contribution < 1.29 is 9.53 Å². The first-order valence-electron chi connectivity index (χ1n) is 10.2. The van der Waals surface area contributed by atoms with E-state index in [-0.39, 0.29) is 6.03 Å². The molecule has 0 aromatic carbocycles. The fraction of sp³-hybridized carbons (Fsp3) is 0.750. The van der Waals surface area contributed by atoms with Crippen molar-refractivity contribution in [3.8, 4) is 0 Å². The number of carbonyl (C=O) groups excluding carboxylic acids is 1. The lowest BCUT2D eigenvalue weighted by Crippen LogP contribution is -2.52. The summed E-state index contributed by atoms with van der Waals surface area (Å²) in [6, 6.07) is 2.06. The molecule has 2 aliphatic rings. The predicted octanol–water partition coefficient (Wildman–Crippen LogP) is 2.56. The molecule has 0 atom stereocenters. The second kappa shape index (κ2) is 9.35. The van der Waals surface area contributed by atoms with Crippen molar-refractivity contribution in [2.75, 3.05) is 50.8 Å². The summed E-state index contributed by atoms with van der Waals surface area (Å²) in [7, 11) is 0. The van der Waals surface area contributed by atoms with Crippen LogP contribution in [0, 0.1) is 12.8 Å². The normalized spacial score (nSPS) is 17.5. The molecule has 2 heterocycles. The van der Waals surface area contributed by atoms with Gasteiger partial charge in [0.2, 0.25) is 0 Å². The van der Waals surface area contributed by atoms with E-state index in [9.17, 15) is 4.79 Å². The van der Waals surface area contributed by atoms with E-state index < -0.39 is 0 Å². The summed E-state index contributed by atoms with van der Waals surface area (Å²) in [5.41, 5.74) is 0.993. The van der Waals surface area contributed by atoms with Crippen LogP contribution in [0.3, 0.4) is 0 Å². The summed E-state index contributed by atoms with van der Waals surface area (Å²) < 4.78 is 5.60. The number of anilines is 1. The third kappa shape index (κ3) is 6.06. The monoisotopic (exact) mass is 375 g/mol. The predicted molar refractivity (Wildman–Crippen MR) is 106 cm³/mol. The first-order valence-corrected chi connectivity index (χ1v) is 10.2. The van der Waals surface area contributed by atoms with Crippen molar-refractivity contribution in [2.45, 2.75) is 46.0 Å². The molecule has 150 valence electrons. The van der Waals surface area contributed by atoms with Crippen LogP contribution in [0.1, 0.15) is 50.5 Å². The average Bonchev–Trinajstić information content (AvgIpc) is 3.48. The summed E-state index contributed by atoms with van der Waals surface area (Å²) >= 11 is 0. The smallest absolute Gasteiger partial charge is 0.317 e. The maximum absolute atomic E-state index is 12.3. The second-order valence-electron chi connectivity index (χ2n) is 7.96. The number of hydrogen-bond donors (Lipinski definition) is 1. The molecule has 0 bridgehead atoms. The molecule has 1 aromatic heterocycles. The summed E-state index contributed by atoms with van der Waals surface area (Å²) in [6.07, 6.45) is 3.50. The van der Waals surface area contributed by atoms with Crippen molar-refractivity contribution in [1.82, 2.24) is 20.2 Å². The Kier molecular flexibility index (Phi) is 6.88. The van der Waals surface area contributed by atoms with Crippen molar-refractivity contribution in [1.29, 1.82) is 0 Å². The van der Waals surface area contributed by atoms with Gasteiger partial charge in [-0.1, -0.05) is 13.8 Å². The SMILES string of the molecule is Cc1cc(N2CCN(C(=O)NCCCOCC3CC3)CC2)nc(C(C)C)n1. The van der Waals surface area contributed by atoms with Gasteiger partial charge in [-0.25, -0.2) is 14.8 Å². The third-order valence-corrected chi connectivity index (χ3v) is 5.06. The summed E-state index contributed by atoms with van der Waals surface area (Å²) in [5.74, 6) is 2.96. The van der Waals surface area contributed by atoms with Crippen LogP contribution < -0.4 is 10.2 Å². The molecule has 1 N–H and O–H groups in total. The van der Waals surface area contributed by atoms with Gasteiger partial charge in [-0.3, -0.25) is 0 Å². The molecule has 3 rings (SSSR count). The Morgan fingerprint density at radius 1 is 1.26 bits per heavy atom. The highest BCUT2D eigenvalue weighted by molar-refractivity contribution is 5.74. The van der Waals surface area contributed by atoms with Gasteiger partial charge in [-0.05, 0) is 32.1 Å². The highest BCUT2D eigenvalue weighted by Gasteiger charge is 2.23. The summed E-state index contributed by atoms with van der Waals surface area (Å²) in [5, 5.41) is 3.01. The van der Waals surface area contributed by atoms with Crippen LogP contribution in [0.4, 0.5) is 10.6 Å². The van der Waals surface area contributed by atoms with Gasteiger partial charge in [0, 0.05) is 63.6 Å². The zero-order valence-electron chi connectivity index (χ0n) is 16.9. The quantitative estimate of drug-likeness (QED) is 0.707. The maximum atomic E-state index is 12.3. The first kappa shape index (κ1) is 19.9. The number of ether oxygens (including phenoxy) is 1. The van der Waals surface area contributed by atoms with Crippen molar-refractivity contribution in [3.05, 3.63) is 17.6 Å². The maximum Gasteiger partial charge on any atom is 0.317 e. The van der Waals surface area contributed by atoms with Crippen LogP contribution in [-0.4, -0.2) is 66.8 Å². The second-order valence-corrected chi connectivity index (χ2v) is 7.96.